The summed E-state index contributed by atoms with van der Waals surface area (Å²) in [5.74, 6) is -1.19. The fourth-order valence-electron chi connectivity index (χ4n) is 1.01. The number of hydrogen-bond donors (Lipinski definition) is 3. The van der Waals surface area contributed by atoms with E-state index in [0.29, 0.717) is 13.0 Å². The SMILES string of the molecule is CC(NCCCC(N)=O)C(=O)NCC(F)(F)F. The molecular formula is C9H16F3N3O2. The van der Waals surface area contributed by atoms with Crippen LogP contribution in [0.25, 0.3) is 0 Å². The maximum Gasteiger partial charge on any atom is 0.405 e. The Morgan fingerprint density at radius 1 is 1.35 bits per heavy atom. The largest absolute Gasteiger partial charge is 0.405 e. The summed E-state index contributed by atoms with van der Waals surface area (Å²) >= 11 is 0. The van der Waals surface area contributed by atoms with Gasteiger partial charge >= 0.3 is 6.18 Å². The molecule has 0 saturated heterocycles. The molecule has 8 heteroatoms. The molecular weight excluding hydrogens is 239 g/mol. The predicted molar refractivity (Wildman–Crippen MR) is 55.0 cm³/mol. The van der Waals surface area contributed by atoms with Gasteiger partial charge in [-0.3, -0.25) is 9.59 Å². The van der Waals surface area contributed by atoms with E-state index < -0.39 is 30.6 Å². The van der Waals surface area contributed by atoms with Crippen molar-refractivity contribution < 1.29 is 22.8 Å². The van der Waals surface area contributed by atoms with E-state index in [1.54, 1.807) is 5.32 Å². The lowest BCUT2D eigenvalue weighted by Crippen LogP contribution is -2.45. The summed E-state index contributed by atoms with van der Waals surface area (Å²) in [5.41, 5.74) is 4.89. The van der Waals surface area contributed by atoms with Crippen LogP contribution in [0.4, 0.5) is 13.2 Å². The molecule has 0 fully saturated rings. The van der Waals surface area contributed by atoms with Gasteiger partial charge in [0.25, 0.3) is 0 Å². The van der Waals surface area contributed by atoms with Crippen LogP contribution in [-0.4, -0.2) is 37.1 Å². The van der Waals surface area contributed by atoms with E-state index in [1.807, 2.05) is 0 Å². The minimum atomic E-state index is -4.42. The summed E-state index contributed by atoms with van der Waals surface area (Å²) in [5, 5.41) is 4.44. The molecule has 0 aliphatic carbocycles. The highest BCUT2D eigenvalue weighted by molar-refractivity contribution is 5.81. The highest BCUT2D eigenvalue weighted by Crippen LogP contribution is 2.12. The fourth-order valence-corrected chi connectivity index (χ4v) is 1.01. The molecule has 0 aromatic carbocycles. The van der Waals surface area contributed by atoms with Gasteiger partial charge in [-0.05, 0) is 19.9 Å². The number of rotatable bonds is 7. The number of nitrogens with one attached hydrogen (secondary N) is 2. The average Bonchev–Trinajstić information content (AvgIpc) is 2.19. The predicted octanol–water partition coefficient (Wildman–Crippen LogP) is -0.0915. The van der Waals surface area contributed by atoms with Crippen molar-refractivity contribution >= 4 is 11.8 Å². The molecule has 17 heavy (non-hydrogen) atoms. The number of amides is 2. The normalized spacial score (nSPS) is 13.2. The van der Waals surface area contributed by atoms with E-state index >= 15 is 0 Å². The fraction of sp³-hybridized carbons (Fsp3) is 0.778. The Balaban J connectivity index is 3.71. The number of primary amides is 1. The van der Waals surface area contributed by atoms with E-state index in [-0.39, 0.29) is 6.42 Å². The van der Waals surface area contributed by atoms with E-state index in [9.17, 15) is 22.8 Å². The van der Waals surface area contributed by atoms with Gasteiger partial charge in [-0.2, -0.15) is 13.2 Å². The van der Waals surface area contributed by atoms with Crippen LogP contribution in [-0.2, 0) is 9.59 Å². The highest BCUT2D eigenvalue weighted by atomic mass is 19.4. The Hall–Kier alpha value is -1.31. The van der Waals surface area contributed by atoms with Crippen molar-refractivity contribution in [1.82, 2.24) is 10.6 Å². The Kier molecular flexibility index (Phi) is 6.55. The molecule has 1 unspecified atom stereocenters. The van der Waals surface area contributed by atoms with Gasteiger partial charge in [0.05, 0.1) is 6.04 Å². The van der Waals surface area contributed by atoms with E-state index in [0.717, 1.165) is 0 Å². The first-order valence-corrected chi connectivity index (χ1v) is 5.08. The lowest BCUT2D eigenvalue weighted by molar-refractivity contribution is -0.139. The molecule has 0 aromatic rings. The zero-order chi connectivity index (χ0) is 13.5. The van der Waals surface area contributed by atoms with Gasteiger partial charge in [-0.25, -0.2) is 0 Å². The Bertz CT molecular complexity index is 269. The summed E-state index contributed by atoms with van der Waals surface area (Å²) in [4.78, 5) is 21.5. The standard InChI is InChI=1S/C9H16F3N3O2/c1-6(14-4-2-3-7(13)16)8(17)15-5-9(10,11)12/h6,14H,2-5H2,1H3,(H2,13,16)(H,15,17). The van der Waals surface area contributed by atoms with Crippen LogP contribution in [0, 0.1) is 0 Å². The van der Waals surface area contributed by atoms with Crippen molar-refractivity contribution in [1.29, 1.82) is 0 Å². The zero-order valence-electron chi connectivity index (χ0n) is 9.43. The minimum absolute atomic E-state index is 0.171. The summed E-state index contributed by atoms with van der Waals surface area (Å²) in [6, 6.07) is -0.745. The molecule has 0 radical (unpaired) electrons. The van der Waals surface area contributed by atoms with E-state index in [2.05, 4.69) is 5.32 Å². The molecule has 0 saturated carbocycles. The van der Waals surface area contributed by atoms with Crippen LogP contribution in [0.2, 0.25) is 0 Å². The van der Waals surface area contributed by atoms with Crippen LogP contribution in [0.1, 0.15) is 19.8 Å². The lowest BCUT2D eigenvalue weighted by atomic mass is 10.2. The topological polar surface area (TPSA) is 84.2 Å². The smallest absolute Gasteiger partial charge is 0.370 e. The molecule has 0 aliphatic rings. The molecule has 1 atom stereocenters. The minimum Gasteiger partial charge on any atom is -0.370 e. The van der Waals surface area contributed by atoms with Gasteiger partial charge in [0, 0.05) is 6.42 Å². The van der Waals surface area contributed by atoms with Crippen molar-refractivity contribution in [3.05, 3.63) is 0 Å². The number of nitrogens with two attached hydrogens (primary N) is 1. The third kappa shape index (κ3) is 9.61. The maximum absolute atomic E-state index is 11.8. The first-order chi connectivity index (χ1) is 7.72. The van der Waals surface area contributed by atoms with Crippen LogP contribution in [0.3, 0.4) is 0 Å². The van der Waals surface area contributed by atoms with Gasteiger partial charge in [-0.15, -0.1) is 0 Å². The third-order valence-electron chi connectivity index (χ3n) is 1.91. The second kappa shape index (κ2) is 7.10. The molecule has 0 aliphatic heterocycles. The van der Waals surface area contributed by atoms with Gasteiger partial charge in [0.2, 0.25) is 11.8 Å². The van der Waals surface area contributed by atoms with E-state index in [1.165, 1.54) is 6.92 Å². The van der Waals surface area contributed by atoms with Crippen LogP contribution >= 0.6 is 0 Å². The number of carbonyl (C=O) groups is 2. The van der Waals surface area contributed by atoms with Crippen molar-refractivity contribution in [3.63, 3.8) is 0 Å². The third-order valence-corrected chi connectivity index (χ3v) is 1.91. The summed E-state index contributed by atoms with van der Waals surface area (Å²) in [6.07, 6.45) is -3.81. The van der Waals surface area contributed by atoms with Crippen LogP contribution < -0.4 is 16.4 Å². The maximum atomic E-state index is 11.8. The first kappa shape index (κ1) is 15.7. The van der Waals surface area contributed by atoms with Gasteiger partial charge in [0.15, 0.2) is 0 Å². The second-order valence-electron chi connectivity index (χ2n) is 3.58. The highest BCUT2D eigenvalue weighted by Gasteiger charge is 2.28. The van der Waals surface area contributed by atoms with E-state index in [4.69, 9.17) is 5.73 Å². The lowest BCUT2D eigenvalue weighted by Gasteiger charge is -2.14. The number of alkyl halides is 3. The quantitative estimate of drug-likeness (QED) is 0.556. The molecule has 0 rings (SSSR count). The Morgan fingerprint density at radius 3 is 2.41 bits per heavy atom. The number of hydrogen-bond acceptors (Lipinski definition) is 3. The Morgan fingerprint density at radius 2 is 1.94 bits per heavy atom. The molecule has 0 heterocycles. The average molecular weight is 255 g/mol. The first-order valence-electron chi connectivity index (χ1n) is 5.08. The van der Waals surface area contributed by atoms with Crippen molar-refractivity contribution in [2.45, 2.75) is 32.0 Å². The molecule has 4 N–H and O–H groups in total. The summed E-state index contributed by atoms with van der Waals surface area (Å²) in [7, 11) is 0. The zero-order valence-corrected chi connectivity index (χ0v) is 9.43. The van der Waals surface area contributed by atoms with Crippen molar-refractivity contribution in [3.8, 4) is 0 Å². The van der Waals surface area contributed by atoms with Crippen LogP contribution in [0.5, 0.6) is 0 Å². The van der Waals surface area contributed by atoms with Crippen LogP contribution in [0.15, 0.2) is 0 Å². The molecule has 2 amide bonds. The molecule has 100 valence electrons. The summed E-state index contributed by atoms with van der Waals surface area (Å²) in [6.45, 7) is 0.429. The molecule has 0 spiro atoms. The van der Waals surface area contributed by atoms with Gasteiger partial charge in [0.1, 0.15) is 6.54 Å². The molecule has 0 bridgehead atoms. The second-order valence-corrected chi connectivity index (χ2v) is 3.58. The molecule has 0 aromatic heterocycles. The molecule has 5 nitrogen and oxygen atoms in total. The monoisotopic (exact) mass is 255 g/mol. The van der Waals surface area contributed by atoms with Gasteiger partial charge < -0.3 is 16.4 Å². The number of halogens is 3. The summed E-state index contributed by atoms with van der Waals surface area (Å²) < 4.78 is 35.4. The van der Waals surface area contributed by atoms with Crippen molar-refractivity contribution in [2.24, 2.45) is 5.73 Å². The Labute approximate surface area is 96.9 Å². The van der Waals surface area contributed by atoms with Gasteiger partial charge in [-0.1, -0.05) is 0 Å². The van der Waals surface area contributed by atoms with Crippen molar-refractivity contribution in [2.75, 3.05) is 13.1 Å². The number of carbonyl (C=O) groups excluding carboxylic acids is 2.